The van der Waals surface area contributed by atoms with Crippen molar-refractivity contribution in [2.24, 2.45) is 4.99 Å². The number of fused-ring (bicyclic) bond motifs is 3. The van der Waals surface area contributed by atoms with Gasteiger partial charge >= 0.3 is 0 Å². The molecule has 2 aliphatic heterocycles. The molecule has 1 saturated heterocycles. The second-order valence-electron chi connectivity index (χ2n) is 8.16. The molecule has 0 saturated carbocycles. The van der Waals surface area contributed by atoms with Gasteiger partial charge in [-0.05, 0) is 31.2 Å². The van der Waals surface area contributed by atoms with E-state index in [0.29, 0.717) is 0 Å². The molecule has 1 amide bonds. The van der Waals surface area contributed by atoms with Crippen LogP contribution in [0.3, 0.4) is 0 Å². The van der Waals surface area contributed by atoms with Gasteiger partial charge in [-0.3, -0.25) is 9.79 Å². The van der Waals surface area contributed by atoms with E-state index in [0.717, 1.165) is 12.1 Å². The zero-order chi connectivity index (χ0) is 25.1. The first kappa shape index (κ1) is 23.8. The van der Waals surface area contributed by atoms with Gasteiger partial charge < -0.3 is 4.90 Å². The van der Waals surface area contributed by atoms with Gasteiger partial charge in [-0.25, -0.2) is 26.9 Å². The molecule has 1 atom stereocenters. The third kappa shape index (κ3) is 4.11. The Morgan fingerprint density at radius 3 is 2.37 bits per heavy atom. The number of nitrogens with zero attached hydrogens (tertiary/aromatic N) is 5. The van der Waals surface area contributed by atoms with Crippen molar-refractivity contribution in [3.8, 4) is 5.69 Å². The van der Waals surface area contributed by atoms with Crippen LogP contribution in [0.1, 0.15) is 40.5 Å². The highest BCUT2D eigenvalue weighted by molar-refractivity contribution is 7.91. The number of rotatable bonds is 2. The molecular weight excluding hydrogens is 523 g/mol. The number of halogens is 4. The van der Waals surface area contributed by atoms with Gasteiger partial charge in [0.15, 0.2) is 15.7 Å². The van der Waals surface area contributed by atoms with Crippen LogP contribution in [0.15, 0.2) is 35.3 Å². The second kappa shape index (κ2) is 8.65. The summed E-state index contributed by atoms with van der Waals surface area (Å²) in [5, 5.41) is 4.51. The number of hydrogen-bond donors (Lipinski definition) is 0. The SMILES string of the molecule is C[C@@H]1N=C(c2c(F)cccc2F)c2c(ccc(Cl)c2Cl)-n2nc(C(=O)N3CCS(=O)(=O)CC3)nc21. The van der Waals surface area contributed by atoms with E-state index in [-0.39, 0.29) is 68.8 Å². The zero-order valence-electron chi connectivity index (χ0n) is 18.2. The summed E-state index contributed by atoms with van der Waals surface area (Å²) >= 11 is 12.8. The summed E-state index contributed by atoms with van der Waals surface area (Å²) in [5.41, 5.74) is -0.00647. The zero-order valence-corrected chi connectivity index (χ0v) is 20.5. The van der Waals surface area contributed by atoms with E-state index >= 15 is 0 Å². The highest BCUT2D eigenvalue weighted by Gasteiger charge is 2.34. The molecule has 3 aromatic rings. The average Bonchev–Trinajstić information content (AvgIpc) is 3.21. The van der Waals surface area contributed by atoms with Crippen molar-refractivity contribution in [2.45, 2.75) is 13.0 Å². The number of hydrogen-bond acceptors (Lipinski definition) is 6. The minimum absolute atomic E-state index is 0.00948. The second-order valence-corrected chi connectivity index (χ2v) is 11.2. The molecular formula is C22H17Cl2F2N5O3S. The first-order chi connectivity index (χ1) is 16.6. The number of carbonyl (C=O) groups is 1. The number of benzene rings is 2. The Balaban J connectivity index is 1.66. The van der Waals surface area contributed by atoms with E-state index in [1.807, 2.05) is 0 Å². The first-order valence-electron chi connectivity index (χ1n) is 10.5. The van der Waals surface area contributed by atoms with E-state index in [1.165, 1.54) is 21.7 Å². The van der Waals surface area contributed by atoms with Crippen LogP contribution in [0.2, 0.25) is 10.0 Å². The van der Waals surface area contributed by atoms with Crippen LogP contribution in [-0.4, -0.2) is 64.3 Å². The van der Waals surface area contributed by atoms with Gasteiger partial charge in [-0.1, -0.05) is 29.3 Å². The lowest BCUT2D eigenvalue weighted by molar-refractivity contribution is 0.0758. The van der Waals surface area contributed by atoms with E-state index in [4.69, 9.17) is 23.2 Å². The summed E-state index contributed by atoms with van der Waals surface area (Å²) in [7, 11) is -3.18. The molecule has 35 heavy (non-hydrogen) atoms. The Kier molecular flexibility index (Phi) is 5.89. The molecule has 0 bridgehead atoms. The molecule has 8 nitrogen and oxygen atoms in total. The molecule has 0 N–H and O–H groups in total. The molecule has 1 fully saturated rings. The Morgan fingerprint density at radius 2 is 1.71 bits per heavy atom. The van der Waals surface area contributed by atoms with Gasteiger partial charge in [-0.2, -0.15) is 0 Å². The maximum absolute atomic E-state index is 14.8. The van der Waals surface area contributed by atoms with Crippen LogP contribution in [-0.2, 0) is 9.84 Å². The predicted molar refractivity (Wildman–Crippen MR) is 126 cm³/mol. The van der Waals surface area contributed by atoms with E-state index in [2.05, 4.69) is 15.1 Å². The smallest absolute Gasteiger partial charge is 0.293 e. The van der Waals surface area contributed by atoms with E-state index in [9.17, 15) is 22.0 Å². The van der Waals surface area contributed by atoms with Crippen molar-refractivity contribution in [2.75, 3.05) is 24.6 Å². The van der Waals surface area contributed by atoms with Crippen molar-refractivity contribution in [1.29, 1.82) is 0 Å². The standard InChI is InChI=1S/C22H17Cl2F2N5O3S/c1-11-21-28-20(22(32)30-7-9-35(33,34)10-8-30)29-31(21)15-6-5-12(23)18(24)17(15)19(27-11)16-13(25)3-2-4-14(16)26/h2-6,11H,7-10H2,1H3/t11-/m0/s1. The summed E-state index contributed by atoms with van der Waals surface area (Å²) < 4.78 is 54.4. The summed E-state index contributed by atoms with van der Waals surface area (Å²) in [5.74, 6) is -2.38. The molecule has 182 valence electrons. The molecule has 0 spiro atoms. The molecule has 3 heterocycles. The quantitative estimate of drug-likeness (QED) is 0.495. The van der Waals surface area contributed by atoms with Crippen LogP contribution in [0.25, 0.3) is 5.69 Å². The van der Waals surface area contributed by atoms with Gasteiger partial charge in [0.05, 0.1) is 38.5 Å². The topological polar surface area (TPSA) is 97.5 Å². The van der Waals surface area contributed by atoms with Gasteiger partial charge in [-0.15, -0.1) is 5.10 Å². The normalized spacial score (nSPS) is 18.9. The highest BCUT2D eigenvalue weighted by Crippen LogP contribution is 2.38. The lowest BCUT2D eigenvalue weighted by Crippen LogP contribution is -2.44. The molecule has 0 aliphatic carbocycles. The molecule has 13 heteroatoms. The number of sulfone groups is 1. The van der Waals surface area contributed by atoms with Crippen LogP contribution in [0.5, 0.6) is 0 Å². The average molecular weight is 540 g/mol. The van der Waals surface area contributed by atoms with Crippen LogP contribution < -0.4 is 0 Å². The molecule has 0 unspecified atom stereocenters. The third-order valence-electron chi connectivity index (χ3n) is 5.89. The van der Waals surface area contributed by atoms with Crippen molar-refractivity contribution < 1.29 is 22.0 Å². The molecule has 1 aromatic heterocycles. The summed E-state index contributed by atoms with van der Waals surface area (Å²) in [6, 6.07) is 5.74. The Hall–Kier alpha value is -2.89. The Labute approximate surface area is 209 Å². The first-order valence-corrected chi connectivity index (χ1v) is 13.1. The van der Waals surface area contributed by atoms with Crippen LogP contribution in [0.4, 0.5) is 8.78 Å². The van der Waals surface area contributed by atoms with Crippen molar-refractivity contribution in [3.63, 3.8) is 0 Å². The monoisotopic (exact) mass is 539 g/mol. The number of carbonyl (C=O) groups excluding carboxylic acids is 1. The van der Waals surface area contributed by atoms with E-state index in [1.54, 1.807) is 13.0 Å². The number of aliphatic imine (C=N–C) groups is 1. The van der Waals surface area contributed by atoms with Gasteiger partial charge in [0, 0.05) is 18.7 Å². The minimum Gasteiger partial charge on any atom is -0.334 e. The lowest BCUT2D eigenvalue weighted by Gasteiger charge is -2.25. The van der Waals surface area contributed by atoms with Gasteiger partial charge in [0.25, 0.3) is 5.91 Å². The largest absolute Gasteiger partial charge is 0.334 e. The molecule has 0 radical (unpaired) electrons. The molecule has 2 aromatic carbocycles. The lowest BCUT2D eigenvalue weighted by atomic mass is 9.99. The Morgan fingerprint density at radius 1 is 1.06 bits per heavy atom. The van der Waals surface area contributed by atoms with Gasteiger partial charge in [0.2, 0.25) is 5.82 Å². The third-order valence-corrected chi connectivity index (χ3v) is 8.30. The minimum atomic E-state index is -3.18. The van der Waals surface area contributed by atoms with Crippen LogP contribution >= 0.6 is 23.2 Å². The maximum Gasteiger partial charge on any atom is 0.293 e. The van der Waals surface area contributed by atoms with Crippen molar-refractivity contribution >= 4 is 44.7 Å². The van der Waals surface area contributed by atoms with Crippen LogP contribution in [0, 0.1) is 11.6 Å². The predicted octanol–water partition coefficient (Wildman–Crippen LogP) is 3.63. The summed E-state index contributed by atoms with van der Waals surface area (Å²) in [6.07, 6.45) is 0. The number of aromatic nitrogens is 3. The maximum atomic E-state index is 14.8. The molecule has 5 rings (SSSR count). The Bertz CT molecular complexity index is 1490. The fourth-order valence-corrected chi connectivity index (χ4v) is 5.70. The fraction of sp³-hybridized carbons (Fsp3) is 0.273. The van der Waals surface area contributed by atoms with Gasteiger partial charge in [0.1, 0.15) is 17.7 Å². The highest BCUT2D eigenvalue weighted by atomic mass is 35.5. The molecule has 2 aliphatic rings. The van der Waals surface area contributed by atoms with E-state index < -0.39 is 33.4 Å². The van der Waals surface area contributed by atoms with Crippen molar-refractivity contribution in [1.82, 2.24) is 19.7 Å². The number of amides is 1. The summed E-state index contributed by atoms with van der Waals surface area (Å²) in [4.78, 5) is 23.3. The fourth-order valence-electron chi connectivity index (χ4n) is 4.09. The van der Waals surface area contributed by atoms with Crippen molar-refractivity contribution in [3.05, 3.63) is 74.8 Å². The summed E-state index contributed by atoms with van der Waals surface area (Å²) in [6.45, 7) is 1.71.